The van der Waals surface area contributed by atoms with Gasteiger partial charge < -0.3 is 9.47 Å². The molecule has 0 spiro atoms. The van der Waals surface area contributed by atoms with Crippen molar-refractivity contribution in [3.63, 3.8) is 0 Å². The Morgan fingerprint density at radius 1 is 1.59 bits per heavy atom. The Bertz CT molecular complexity index is 321. The number of unbranched alkanes of at least 4 members (excludes halogenated alkanes) is 1. The molecule has 1 saturated heterocycles. The summed E-state index contributed by atoms with van der Waals surface area (Å²) in [7, 11) is 1.35. The zero-order valence-corrected chi connectivity index (χ0v) is 10.7. The number of allylic oxidation sites excluding steroid dienone is 1. The van der Waals surface area contributed by atoms with E-state index in [9.17, 15) is 9.59 Å². The third-order valence-corrected chi connectivity index (χ3v) is 3.36. The molecule has 1 rings (SSSR count). The van der Waals surface area contributed by atoms with Gasteiger partial charge in [-0.1, -0.05) is 33.3 Å². The van der Waals surface area contributed by atoms with E-state index < -0.39 is 11.8 Å². The molecule has 96 valence electrons. The molecule has 4 heteroatoms. The normalized spacial score (nSPS) is 25.6. The smallest absolute Gasteiger partial charge is 0.315 e. The lowest BCUT2D eigenvalue weighted by atomic mass is 9.80. The summed E-state index contributed by atoms with van der Waals surface area (Å²) < 4.78 is 9.78. The Hall–Kier alpha value is -1.32. The molecule has 1 aliphatic rings. The SMILES string of the molecule is C=C1OC(=O)C(C(CCCC)C(=O)OC)C1C. The molecular formula is C13H20O4. The first kappa shape index (κ1) is 13.7. The van der Waals surface area contributed by atoms with Gasteiger partial charge in [0.15, 0.2) is 0 Å². The van der Waals surface area contributed by atoms with Gasteiger partial charge in [0.05, 0.1) is 18.9 Å². The van der Waals surface area contributed by atoms with Gasteiger partial charge in [0.1, 0.15) is 5.76 Å². The second-order valence-corrected chi connectivity index (χ2v) is 4.47. The van der Waals surface area contributed by atoms with Crippen molar-refractivity contribution in [1.29, 1.82) is 0 Å². The van der Waals surface area contributed by atoms with Crippen LogP contribution >= 0.6 is 0 Å². The van der Waals surface area contributed by atoms with Crippen molar-refractivity contribution in [1.82, 2.24) is 0 Å². The van der Waals surface area contributed by atoms with Crippen molar-refractivity contribution in [2.75, 3.05) is 7.11 Å². The predicted octanol–water partition coefficient (Wildman–Crippen LogP) is 2.29. The Labute approximate surface area is 102 Å². The molecule has 0 aromatic carbocycles. The first-order chi connectivity index (χ1) is 8.02. The van der Waals surface area contributed by atoms with Gasteiger partial charge in [0.25, 0.3) is 0 Å². The van der Waals surface area contributed by atoms with Crippen molar-refractivity contribution < 1.29 is 19.1 Å². The molecule has 17 heavy (non-hydrogen) atoms. The van der Waals surface area contributed by atoms with Crippen molar-refractivity contribution in [3.05, 3.63) is 12.3 Å². The number of hydrogen-bond acceptors (Lipinski definition) is 4. The fourth-order valence-corrected chi connectivity index (χ4v) is 2.23. The molecular weight excluding hydrogens is 220 g/mol. The van der Waals surface area contributed by atoms with Crippen molar-refractivity contribution >= 4 is 11.9 Å². The first-order valence-corrected chi connectivity index (χ1v) is 6.01. The van der Waals surface area contributed by atoms with Crippen molar-refractivity contribution in [2.45, 2.75) is 33.1 Å². The van der Waals surface area contributed by atoms with Gasteiger partial charge >= 0.3 is 11.9 Å². The molecule has 0 saturated carbocycles. The standard InChI is InChI=1S/C13H20O4/c1-5-6-7-10(12(14)16-4)11-8(2)9(3)17-13(11)15/h8,10-11H,3,5-7H2,1-2,4H3. The van der Waals surface area contributed by atoms with E-state index in [-0.39, 0.29) is 17.9 Å². The molecule has 1 aliphatic heterocycles. The first-order valence-electron chi connectivity index (χ1n) is 6.01. The van der Waals surface area contributed by atoms with Gasteiger partial charge in [-0.25, -0.2) is 0 Å². The van der Waals surface area contributed by atoms with Crippen LogP contribution in [0.15, 0.2) is 12.3 Å². The maximum atomic E-state index is 11.7. The highest BCUT2D eigenvalue weighted by Crippen LogP contribution is 2.37. The van der Waals surface area contributed by atoms with Gasteiger partial charge in [-0.3, -0.25) is 9.59 Å². The lowest BCUT2D eigenvalue weighted by Gasteiger charge is -2.20. The van der Waals surface area contributed by atoms with Crippen molar-refractivity contribution in [3.8, 4) is 0 Å². The van der Waals surface area contributed by atoms with Crippen LogP contribution in [0.2, 0.25) is 0 Å². The zero-order valence-electron chi connectivity index (χ0n) is 10.7. The second-order valence-electron chi connectivity index (χ2n) is 4.47. The van der Waals surface area contributed by atoms with E-state index in [1.165, 1.54) is 7.11 Å². The number of rotatable bonds is 5. The molecule has 0 bridgehead atoms. The van der Waals surface area contributed by atoms with Crippen LogP contribution in [0.25, 0.3) is 0 Å². The fraction of sp³-hybridized carbons (Fsp3) is 0.692. The lowest BCUT2D eigenvalue weighted by Crippen LogP contribution is -2.31. The topological polar surface area (TPSA) is 52.6 Å². The van der Waals surface area contributed by atoms with Crippen LogP contribution < -0.4 is 0 Å². The van der Waals surface area contributed by atoms with E-state index in [0.29, 0.717) is 12.2 Å². The van der Waals surface area contributed by atoms with E-state index in [0.717, 1.165) is 12.8 Å². The van der Waals surface area contributed by atoms with Crippen LogP contribution in [0, 0.1) is 17.8 Å². The van der Waals surface area contributed by atoms with E-state index >= 15 is 0 Å². The number of cyclic esters (lactones) is 1. The van der Waals surface area contributed by atoms with Gasteiger partial charge in [-0.05, 0) is 6.42 Å². The summed E-state index contributed by atoms with van der Waals surface area (Å²) in [6.45, 7) is 7.59. The molecule has 0 aromatic rings. The Kier molecular flexibility index (Phi) is 4.73. The Balaban J connectivity index is 2.85. The molecule has 0 aromatic heterocycles. The van der Waals surface area contributed by atoms with Gasteiger partial charge in [-0.2, -0.15) is 0 Å². The molecule has 3 atom stereocenters. The highest BCUT2D eigenvalue weighted by atomic mass is 16.5. The molecule has 0 aliphatic carbocycles. The molecule has 3 unspecified atom stereocenters. The molecule has 1 heterocycles. The lowest BCUT2D eigenvalue weighted by molar-refractivity contribution is -0.154. The highest BCUT2D eigenvalue weighted by molar-refractivity contribution is 5.84. The van der Waals surface area contributed by atoms with Crippen LogP contribution in [0.1, 0.15) is 33.1 Å². The summed E-state index contributed by atoms with van der Waals surface area (Å²) >= 11 is 0. The minimum Gasteiger partial charge on any atom is -0.469 e. The summed E-state index contributed by atoms with van der Waals surface area (Å²) in [5, 5.41) is 0. The molecule has 0 radical (unpaired) electrons. The number of carbonyl (C=O) groups is 2. The minimum absolute atomic E-state index is 0.122. The molecule has 4 nitrogen and oxygen atoms in total. The predicted molar refractivity (Wildman–Crippen MR) is 62.9 cm³/mol. The Morgan fingerprint density at radius 3 is 2.65 bits per heavy atom. The minimum atomic E-state index is -0.443. The van der Waals surface area contributed by atoms with Crippen LogP contribution in [0.3, 0.4) is 0 Å². The van der Waals surface area contributed by atoms with Gasteiger partial charge in [0, 0.05) is 5.92 Å². The van der Waals surface area contributed by atoms with Crippen LogP contribution in [0.5, 0.6) is 0 Å². The summed E-state index contributed by atoms with van der Waals surface area (Å²) in [6, 6.07) is 0. The van der Waals surface area contributed by atoms with Gasteiger partial charge in [-0.15, -0.1) is 0 Å². The summed E-state index contributed by atoms with van der Waals surface area (Å²) in [4.78, 5) is 23.5. The van der Waals surface area contributed by atoms with Crippen molar-refractivity contribution in [2.24, 2.45) is 17.8 Å². The van der Waals surface area contributed by atoms with Crippen LogP contribution in [-0.4, -0.2) is 19.0 Å². The monoisotopic (exact) mass is 240 g/mol. The molecule has 0 amide bonds. The Morgan fingerprint density at radius 2 is 2.24 bits per heavy atom. The number of hydrogen-bond donors (Lipinski definition) is 0. The maximum absolute atomic E-state index is 11.7. The number of esters is 2. The third kappa shape index (κ3) is 2.87. The number of methoxy groups -OCH3 is 1. The quantitative estimate of drug-likeness (QED) is 0.692. The maximum Gasteiger partial charge on any atom is 0.315 e. The summed E-state index contributed by atoms with van der Waals surface area (Å²) in [5.74, 6) is -1.21. The van der Waals surface area contributed by atoms with E-state index in [1.54, 1.807) is 0 Å². The fourth-order valence-electron chi connectivity index (χ4n) is 2.23. The highest BCUT2D eigenvalue weighted by Gasteiger charge is 2.45. The second kappa shape index (κ2) is 5.84. The number of ether oxygens (including phenoxy) is 2. The van der Waals surface area contributed by atoms with Crippen LogP contribution in [-0.2, 0) is 19.1 Å². The van der Waals surface area contributed by atoms with E-state index in [1.807, 2.05) is 13.8 Å². The van der Waals surface area contributed by atoms with Crippen LogP contribution in [0.4, 0.5) is 0 Å². The summed E-state index contributed by atoms with van der Waals surface area (Å²) in [6.07, 6.45) is 2.52. The summed E-state index contributed by atoms with van der Waals surface area (Å²) in [5.41, 5.74) is 0. The number of carbonyl (C=O) groups excluding carboxylic acids is 2. The third-order valence-electron chi connectivity index (χ3n) is 3.36. The molecule has 0 N–H and O–H groups in total. The van der Waals surface area contributed by atoms with E-state index in [4.69, 9.17) is 9.47 Å². The largest absolute Gasteiger partial charge is 0.469 e. The molecule has 1 fully saturated rings. The average Bonchev–Trinajstić information content (AvgIpc) is 2.55. The van der Waals surface area contributed by atoms with Gasteiger partial charge in [0.2, 0.25) is 0 Å². The average molecular weight is 240 g/mol. The zero-order chi connectivity index (χ0) is 13.0. The van der Waals surface area contributed by atoms with E-state index in [2.05, 4.69) is 6.58 Å².